The molecule has 0 saturated heterocycles. The second-order valence-electron chi connectivity index (χ2n) is 2.22. The lowest BCUT2D eigenvalue weighted by atomic mass is 10.2. The van der Waals surface area contributed by atoms with Gasteiger partial charge in [-0.15, -0.1) is 0 Å². The third-order valence-corrected chi connectivity index (χ3v) is 1.52. The number of fused-ring (bicyclic) bond motifs is 1. The number of aliphatic imine (C=N–C) groups is 1. The van der Waals surface area contributed by atoms with E-state index in [9.17, 15) is 0 Å². The summed E-state index contributed by atoms with van der Waals surface area (Å²) in [6.45, 7) is 0.260. The number of hydrogen-bond donors (Lipinski definition) is 2. The zero-order valence-electron chi connectivity index (χ0n) is 6.86. The summed E-state index contributed by atoms with van der Waals surface area (Å²) in [6, 6.07) is 3.59. The third kappa shape index (κ3) is 0.920. The predicted octanol–water partition coefficient (Wildman–Crippen LogP) is 0.170. The molecule has 0 amide bonds. The molecule has 2 heterocycles. The van der Waals surface area contributed by atoms with Crippen molar-refractivity contribution in [3.05, 3.63) is 23.9 Å². The van der Waals surface area contributed by atoms with Gasteiger partial charge in [-0.25, -0.2) is 9.98 Å². The van der Waals surface area contributed by atoms with Gasteiger partial charge in [0, 0.05) is 6.20 Å². The van der Waals surface area contributed by atoms with Crippen LogP contribution in [0.15, 0.2) is 23.3 Å². The average molecular weight is 149 g/mol. The zero-order valence-corrected chi connectivity index (χ0v) is 5.86. The van der Waals surface area contributed by atoms with Gasteiger partial charge in [-0.3, -0.25) is 0 Å². The van der Waals surface area contributed by atoms with Crippen LogP contribution in [0.25, 0.3) is 0 Å². The van der Waals surface area contributed by atoms with Gasteiger partial charge in [0.1, 0.15) is 18.3 Å². The lowest BCUT2D eigenvalue weighted by Gasteiger charge is -2.13. The molecule has 1 aliphatic rings. The topological polar surface area (TPSA) is 63.3 Å². The van der Waals surface area contributed by atoms with E-state index < -0.39 is 0 Å². The lowest BCUT2D eigenvalue weighted by Crippen LogP contribution is -2.22. The Morgan fingerprint density at radius 3 is 3.45 bits per heavy atom. The highest BCUT2D eigenvalue weighted by Gasteiger charge is 2.09. The summed E-state index contributed by atoms with van der Waals surface area (Å²) in [4.78, 5) is 7.97. The summed E-state index contributed by atoms with van der Waals surface area (Å²) >= 11 is 0. The van der Waals surface area contributed by atoms with E-state index in [4.69, 9.17) is 7.15 Å². The standard InChI is InChI=1S/C7H8N4/c8-6-5-2-1-3-9-7(5)11-4-10-6/h1-3H,4H2,(H2,8,10)(H,9,11)/i/hD. The summed E-state index contributed by atoms with van der Waals surface area (Å²) in [5.74, 6) is 1.03. The number of aromatic nitrogens is 1. The Hall–Kier alpha value is -1.58. The second kappa shape index (κ2) is 2.23. The molecule has 0 radical (unpaired) electrons. The Balaban J connectivity index is 2.58. The number of nitrogens with one attached hydrogen (secondary N) is 1. The van der Waals surface area contributed by atoms with Crippen molar-refractivity contribution in [1.29, 1.82) is 0 Å². The molecule has 0 bridgehead atoms. The van der Waals surface area contributed by atoms with E-state index in [0.29, 0.717) is 11.7 Å². The fraction of sp³-hybridized carbons (Fsp3) is 0.143. The van der Waals surface area contributed by atoms with Crippen LogP contribution >= 0.6 is 0 Å². The molecule has 3 N–H and O–H groups in total. The Morgan fingerprint density at radius 2 is 2.64 bits per heavy atom. The first-order valence-electron chi connectivity index (χ1n) is 3.75. The molecular formula is C7H8N4. The Kier molecular flexibility index (Phi) is 1.04. The average Bonchev–Trinajstić information content (AvgIpc) is 2.12. The predicted molar refractivity (Wildman–Crippen MR) is 43.5 cm³/mol. The fourth-order valence-corrected chi connectivity index (χ4v) is 0.987. The van der Waals surface area contributed by atoms with Crippen LogP contribution < -0.4 is 11.0 Å². The molecule has 0 aromatic carbocycles. The van der Waals surface area contributed by atoms with E-state index in [1.165, 1.54) is 5.31 Å². The molecular weight excluding hydrogens is 140 g/mol. The van der Waals surface area contributed by atoms with Crippen LogP contribution in [-0.2, 0) is 0 Å². The fourth-order valence-electron chi connectivity index (χ4n) is 0.987. The second-order valence-corrected chi connectivity index (χ2v) is 2.22. The van der Waals surface area contributed by atoms with Gasteiger partial charge in [0.15, 0.2) is 1.41 Å². The lowest BCUT2D eigenvalue weighted by molar-refractivity contribution is 1.07. The summed E-state index contributed by atoms with van der Waals surface area (Å²) in [5.41, 5.74) is 6.34. The van der Waals surface area contributed by atoms with E-state index in [1.54, 1.807) is 12.3 Å². The first-order chi connectivity index (χ1) is 5.79. The van der Waals surface area contributed by atoms with Crippen molar-refractivity contribution in [3.8, 4) is 0 Å². The smallest absolute Gasteiger partial charge is 0.164 e. The molecule has 0 unspecified atom stereocenters. The van der Waals surface area contributed by atoms with Gasteiger partial charge in [-0.05, 0) is 12.1 Å². The summed E-state index contributed by atoms with van der Waals surface area (Å²) in [5, 5.41) is 1.21. The number of anilines is 1. The van der Waals surface area contributed by atoms with Gasteiger partial charge < -0.3 is 11.0 Å². The number of nitrogens with two attached hydrogens (primary N) is 1. The number of pyridine rings is 1. The quantitative estimate of drug-likeness (QED) is 0.552. The van der Waals surface area contributed by atoms with Crippen molar-refractivity contribution in [2.24, 2.45) is 10.7 Å². The molecule has 0 aliphatic carbocycles. The van der Waals surface area contributed by atoms with Crippen molar-refractivity contribution in [3.63, 3.8) is 0 Å². The summed E-state index contributed by atoms with van der Waals surface area (Å²) < 4.78 is 7.45. The van der Waals surface area contributed by atoms with Crippen LogP contribution in [0.4, 0.5) is 5.82 Å². The highest BCUT2D eigenvalue weighted by molar-refractivity contribution is 6.02. The molecule has 11 heavy (non-hydrogen) atoms. The maximum Gasteiger partial charge on any atom is 0.164 e. The van der Waals surface area contributed by atoms with Gasteiger partial charge >= 0.3 is 0 Å². The minimum Gasteiger partial charge on any atom is -0.383 e. The van der Waals surface area contributed by atoms with Crippen LogP contribution in [0.3, 0.4) is 0 Å². The molecule has 1 aromatic rings. The van der Waals surface area contributed by atoms with E-state index in [1.807, 2.05) is 6.07 Å². The molecule has 0 spiro atoms. The SMILES string of the molecule is [2H]N1CN=C(N)c2cccnc21. The van der Waals surface area contributed by atoms with Gasteiger partial charge in [0.05, 0.1) is 5.56 Å². The van der Waals surface area contributed by atoms with Gasteiger partial charge in [0.25, 0.3) is 0 Å². The Labute approximate surface area is 65.6 Å². The third-order valence-electron chi connectivity index (χ3n) is 1.52. The maximum absolute atomic E-state index is 7.45. The van der Waals surface area contributed by atoms with E-state index in [-0.39, 0.29) is 6.67 Å². The first-order valence-corrected chi connectivity index (χ1v) is 3.31. The van der Waals surface area contributed by atoms with Crippen LogP contribution in [0.2, 0.25) is 1.41 Å². The summed E-state index contributed by atoms with van der Waals surface area (Å²) in [7, 11) is 0. The first kappa shape index (κ1) is 5.12. The molecule has 0 saturated carbocycles. The van der Waals surface area contributed by atoms with E-state index >= 15 is 0 Å². The number of rotatable bonds is 0. The Bertz CT molecular complexity index is 336. The largest absolute Gasteiger partial charge is 0.383 e. The van der Waals surface area contributed by atoms with Crippen molar-refractivity contribution >= 4 is 11.7 Å². The number of hydrogen-bond acceptors (Lipinski definition) is 4. The normalized spacial score (nSPS) is 16.9. The van der Waals surface area contributed by atoms with E-state index in [0.717, 1.165) is 5.56 Å². The minimum atomic E-state index is 0.260. The highest BCUT2D eigenvalue weighted by atomic mass is 15.1. The maximum atomic E-state index is 7.45. The van der Waals surface area contributed by atoms with Gasteiger partial charge in [-0.2, -0.15) is 0 Å². The highest BCUT2D eigenvalue weighted by Crippen LogP contribution is 2.13. The molecule has 4 nitrogen and oxygen atoms in total. The molecule has 4 heteroatoms. The molecule has 1 aromatic heterocycles. The Morgan fingerprint density at radius 1 is 1.73 bits per heavy atom. The monoisotopic (exact) mass is 149 g/mol. The molecule has 0 atom stereocenters. The van der Waals surface area contributed by atoms with Gasteiger partial charge in [0.2, 0.25) is 0 Å². The molecule has 2 rings (SSSR count). The zero-order chi connectivity index (χ0) is 8.55. The number of nitrogens with zero attached hydrogens (tertiary/aromatic N) is 2. The van der Waals surface area contributed by atoms with Crippen LogP contribution in [0.1, 0.15) is 5.56 Å². The number of amidine groups is 1. The van der Waals surface area contributed by atoms with Crippen molar-refractivity contribution in [2.75, 3.05) is 12.0 Å². The molecule has 56 valence electrons. The van der Waals surface area contributed by atoms with Crippen LogP contribution in [0, 0.1) is 0 Å². The molecule has 0 fully saturated rings. The minimum absolute atomic E-state index is 0.260. The van der Waals surface area contributed by atoms with Crippen molar-refractivity contribution in [2.45, 2.75) is 0 Å². The molecule has 1 aliphatic heterocycles. The summed E-state index contributed by atoms with van der Waals surface area (Å²) in [6.07, 6.45) is 1.64. The van der Waals surface area contributed by atoms with Crippen LogP contribution in [0.5, 0.6) is 0 Å². The van der Waals surface area contributed by atoms with Crippen molar-refractivity contribution < 1.29 is 1.41 Å². The van der Waals surface area contributed by atoms with Gasteiger partial charge in [-0.1, -0.05) is 0 Å². The van der Waals surface area contributed by atoms with E-state index in [2.05, 4.69) is 9.98 Å². The van der Waals surface area contributed by atoms with Crippen molar-refractivity contribution in [1.82, 2.24) is 4.98 Å². The van der Waals surface area contributed by atoms with Crippen LogP contribution in [-0.4, -0.2) is 17.5 Å².